The predicted molar refractivity (Wildman–Crippen MR) is 53.8 cm³/mol. The zero-order valence-electron chi connectivity index (χ0n) is 8.55. The van der Waals surface area contributed by atoms with Crippen LogP contribution in [0.1, 0.15) is 37.5 Å². The minimum atomic E-state index is -0.0301. The van der Waals surface area contributed by atoms with E-state index >= 15 is 0 Å². The number of rotatable bonds is 2. The van der Waals surface area contributed by atoms with E-state index < -0.39 is 0 Å². The maximum absolute atomic E-state index is 5.73. The highest BCUT2D eigenvalue weighted by Crippen LogP contribution is 2.31. The Morgan fingerprint density at radius 1 is 1.31 bits per heavy atom. The molecule has 0 amide bonds. The third-order valence-electron chi connectivity index (χ3n) is 2.27. The molecule has 0 fully saturated rings. The standard InChI is InChI=1S/C12H16O/c1-12(2,3)13-8-10-6-4-5-9-7-11(9)10/h4-6H,7-8H2,1-3H3. The van der Waals surface area contributed by atoms with Crippen LogP contribution in [-0.4, -0.2) is 5.60 Å². The fraction of sp³-hybridized carbons (Fsp3) is 0.500. The Morgan fingerprint density at radius 2 is 2.08 bits per heavy atom. The molecule has 0 saturated carbocycles. The van der Waals surface area contributed by atoms with Gasteiger partial charge in [-0.1, -0.05) is 18.2 Å². The fourth-order valence-corrected chi connectivity index (χ4v) is 1.44. The van der Waals surface area contributed by atoms with Crippen molar-refractivity contribution in [3.63, 3.8) is 0 Å². The molecule has 0 bridgehead atoms. The van der Waals surface area contributed by atoms with Crippen LogP contribution in [0.4, 0.5) is 0 Å². The molecule has 0 spiro atoms. The number of hydrogen-bond acceptors (Lipinski definition) is 1. The van der Waals surface area contributed by atoms with Gasteiger partial charge in [0.15, 0.2) is 0 Å². The van der Waals surface area contributed by atoms with Gasteiger partial charge in [-0.25, -0.2) is 0 Å². The second-order valence-corrected chi connectivity index (χ2v) is 4.63. The summed E-state index contributed by atoms with van der Waals surface area (Å²) in [6, 6.07) is 6.47. The Labute approximate surface area is 79.7 Å². The molecule has 0 N–H and O–H groups in total. The Bertz CT molecular complexity index is 320. The lowest BCUT2D eigenvalue weighted by atomic mass is 10.2. The second kappa shape index (κ2) is 2.85. The number of hydrogen-bond donors (Lipinski definition) is 0. The molecule has 70 valence electrons. The van der Waals surface area contributed by atoms with Crippen LogP contribution < -0.4 is 0 Å². The monoisotopic (exact) mass is 176 g/mol. The minimum Gasteiger partial charge on any atom is -0.371 e. The summed E-state index contributed by atoms with van der Waals surface area (Å²) >= 11 is 0. The van der Waals surface area contributed by atoms with E-state index in [4.69, 9.17) is 4.74 Å². The van der Waals surface area contributed by atoms with Crippen LogP contribution in [0.5, 0.6) is 0 Å². The minimum absolute atomic E-state index is 0.0301. The first kappa shape index (κ1) is 8.76. The van der Waals surface area contributed by atoms with E-state index in [1.165, 1.54) is 23.1 Å². The summed E-state index contributed by atoms with van der Waals surface area (Å²) in [5.41, 5.74) is 4.34. The van der Waals surface area contributed by atoms with E-state index in [2.05, 4.69) is 39.0 Å². The highest BCUT2D eigenvalue weighted by molar-refractivity contribution is 5.50. The van der Waals surface area contributed by atoms with E-state index in [0.717, 1.165) is 6.61 Å². The van der Waals surface area contributed by atoms with Gasteiger partial charge in [-0.05, 0) is 43.9 Å². The summed E-state index contributed by atoms with van der Waals surface area (Å²) in [5, 5.41) is 0. The molecule has 1 aromatic carbocycles. The van der Waals surface area contributed by atoms with E-state index in [1.54, 1.807) is 0 Å². The highest BCUT2D eigenvalue weighted by atomic mass is 16.5. The van der Waals surface area contributed by atoms with Crippen molar-refractivity contribution >= 4 is 0 Å². The fourth-order valence-electron chi connectivity index (χ4n) is 1.44. The van der Waals surface area contributed by atoms with E-state index in [-0.39, 0.29) is 5.60 Å². The molecular weight excluding hydrogens is 160 g/mol. The van der Waals surface area contributed by atoms with E-state index in [1.807, 2.05) is 0 Å². The van der Waals surface area contributed by atoms with Gasteiger partial charge < -0.3 is 4.74 Å². The average molecular weight is 176 g/mol. The van der Waals surface area contributed by atoms with Gasteiger partial charge in [-0.15, -0.1) is 0 Å². The third kappa shape index (κ3) is 2.10. The molecule has 1 aliphatic rings. The lowest BCUT2D eigenvalue weighted by molar-refractivity contribution is -0.0150. The molecule has 0 aromatic heterocycles. The lowest BCUT2D eigenvalue weighted by Gasteiger charge is -2.19. The average Bonchev–Trinajstić information content (AvgIpc) is 2.77. The zero-order chi connectivity index (χ0) is 9.47. The molecule has 1 aromatic rings. The molecule has 13 heavy (non-hydrogen) atoms. The van der Waals surface area contributed by atoms with Crippen LogP contribution in [0.25, 0.3) is 0 Å². The molecule has 0 radical (unpaired) electrons. The molecular formula is C12H16O. The molecule has 1 heteroatoms. The Kier molecular flexibility index (Phi) is 1.92. The normalized spacial score (nSPS) is 14.1. The summed E-state index contributed by atoms with van der Waals surface area (Å²) < 4.78 is 5.73. The Hall–Kier alpha value is -0.820. The van der Waals surface area contributed by atoms with Crippen molar-refractivity contribution in [2.45, 2.75) is 39.4 Å². The quantitative estimate of drug-likeness (QED) is 0.683. The van der Waals surface area contributed by atoms with Gasteiger partial charge in [0.2, 0.25) is 0 Å². The van der Waals surface area contributed by atoms with Crippen LogP contribution >= 0.6 is 0 Å². The van der Waals surface area contributed by atoms with Crippen molar-refractivity contribution in [2.75, 3.05) is 0 Å². The third-order valence-corrected chi connectivity index (χ3v) is 2.27. The summed E-state index contributed by atoms with van der Waals surface area (Å²) in [6.07, 6.45) is 1.18. The number of benzene rings is 1. The molecule has 0 aliphatic heterocycles. The first-order valence-electron chi connectivity index (χ1n) is 4.80. The van der Waals surface area contributed by atoms with Crippen molar-refractivity contribution in [1.29, 1.82) is 0 Å². The molecule has 1 aliphatic carbocycles. The van der Waals surface area contributed by atoms with Gasteiger partial charge in [0.05, 0.1) is 12.2 Å². The van der Waals surface area contributed by atoms with E-state index in [9.17, 15) is 0 Å². The van der Waals surface area contributed by atoms with Crippen LogP contribution in [0.3, 0.4) is 0 Å². The van der Waals surface area contributed by atoms with Gasteiger partial charge in [0.1, 0.15) is 0 Å². The smallest absolute Gasteiger partial charge is 0.0726 e. The highest BCUT2D eigenvalue weighted by Gasteiger charge is 2.21. The second-order valence-electron chi connectivity index (χ2n) is 4.63. The molecule has 0 saturated heterocycles. The molecule has 0 atom stereocenters. The summed E-state index contributed by atoms with van der Waals surface area (Å²) in [4.78, 5) is 0. The maximum Gasteiger partial charge on any atom is 0.0726 e. The number of fused-ring (bicyclic) bond motifs is 1. The van der Waals surface area contributed by atoms with Crippen molar-refractivity contribution < 1.29 is 4.74 Å². The summed E-state index contributed by atoms with van der Waals surface area (Å²) in [5.74, 6) is 0. The number of ether oxygens (including phenoxy) is 1. The van der Waals surface area contributed by atoms with Crippen LogP contribution in [0.15, 0.2) is 18.2 Å². The van der Waals surface area contributed by atoms with Crippen LogP contribution in [0.2, 0.25) is 0 Å². The first-order chi connectivity index (χ1) is 6.06. The van der Waals surface area contributed by atoms with Crippen LogP contribution in [0, 0.1) is 0 Å². The summed E-state index contributed by atoms with van der Waals surface area (Å²) in [6.45, 7) is 7.03. The van der Waals surface area contributed by atoms with Crippen molar-refractivity contribution in [2.24, 2.45) is 0 Å². The first-order valence-corrected chi connectivity index (χ1v) is 4.80. The van der Waals surface area contributed by atoms with Crippen molar-refractivity contribution in [3.05, 3.63) is 34.9 Å². The maximum atomic E-state index is 5.73. The topological polar surface area (TPSA) is 9.23 Å². The Balaban J connectivity index is 2.01. The summed E-state index contributed by atoms with van der Waals surface area (Å²) in [7, 11) is 0. The van der Waals surface area contributed by atoms with Gasteiger partial charge in [-0.3, -0.25) is 0 Å². The van der Waals surface area contributed by atoms with E-state index in [0.29, 0.717) is 0 Å². The van der Waals surface area contributed by atoms with Gasteiger partial charge in [-0.2, -0.15) is 0 Å². The SMILES string of the molecule is CC(C)(C)OCc1cccc2c1C2. The predicted octanol–water partition coefficient (Wildman–Crippen LogP) is 2.91. The lowest BCUT2D eigenvalue weighted by Crippen LogP contribution is -2.18. The van der Waals surface area contributed by atoms with Gasteiger partial charge >= 0.3 is 0 Å². The molecule has 2 rings (SSSR count). The zero-order valence-corrected chi connectivity index (χ0v) is 8.55. The van der Waals surface area contributed by atoms with Crippen LogP contribution in [-0.2, 0) is 17.8 Å². The van der Waals surface area contributed by atoms with Crippen molar-refractivity contribution in [3.8, 4) is 0 Å². The largest absolute Gasteiger partial charge is 0.371 e. The van der Waals surface area contributed by atoms with Gasteiger partial charge in [0, 0.05) is 0 Å². The molecule has 0 heterocycles. The molecule has 1 nitrogen and oxygen atoms in total. The molecule has 0 unspecified atom stereocenters. The Morgan fingerprint density at radius 3 is 2.77 bits per heavy atom. The van der Waals surface area contributed by atoms with Crippen molar-refractivity contribution in [1.82, 2.24) is 0 Å². The van der Waals surface area contributed by atoms with Gasteiger partial charge in [0.25, 0.3) is 0 Å².